The number of hydrogen-bond acceptors (Lipinski definition) is 7. The van der Waals surface area contributed by atoms with Crippen LogP contribution in [0.5, 0.6) is 5.88 Å². The van der Waals surface area contributed by atoms with E-state index in [1.807, 2.05) is 0 Å². The lowest BCUT2D eigenvalue weighted by atomic mass is 10.6. The summed E-state index contributed by atoms with van der Waals surface area (Å²) in [5.41, 5.74) is 0. The van der Waals surface area contributed by atoms with Crippen molar-refractivity contribution >= 4 is 23.2 Å². The average Bonchev–Trinajstić information content (AvgIpc) is 2.17. The first-order valence-electron chi connectivity index (χ1n) is 3.96. The largest absolute Gasteiger partial charge is 0.472 e. The maximum atomic E-state index is 10.5. The number of nitrogens with zero attached hydrogens (tertiary/aromatic N) is 4. The summed E-state index contributed by atoms with van der Waals surface area (Å²) in [5, 5.41) is 20.4. The highest BCUT2D eigenvalue weighted by Gasteiger charge is 2.27. The molecule has 0 N–H and O–H groups in total. The van der Waals surface area contributed by atoms with Gasteiger partial charge in [-0.05, 0) is 16.8 Å². The molecule has 16 heavy (non-hydrogen) atoms. The van der Waals surface area contributed by atoms with Gasteiger partial charge in [-0.15, -0.1) is 0 Å². The predicted molar refractivity (Wildman–Crippen MR) is 51.5 cm³/mol. The minimum Gasteiger partial charge on any atom is -0.472 e. The molecule has 0 aliphatic carbocycles. The number of halogens is 1. The summed E-state index contributed by atoms with van der Waals surface area (Å²) in [5.74, 6) is -2.15. The predicted octanol–water partition coefficient (Wildman–Crippen LogP) is 1.35. The molecule has 0 atom stereocenters. The monoisotopic (exact) mass is 248 g/mol. The van der Waals surface area contributed by atoms with Crippen molar-refractivity contribution in [1.82, 2.24) is 9.97 Å². The third kappa shape index (κ3) is 2.31. The summed E-state index contributed by atoms with van der Waals surface area (Å²) >= 11 is 5.42. The molecule has 0 aromatic carbocycles. The zero-order valence-corrected chi connectivity index (χ0v) is 8.67. The van der Waals surface area contributed by atoms with Gasteiger partial charge in [-0.25, -0.2) is 0 Å². The smallest absolute Gasteiger partial charge is 0.431 e. The van der Waals surface area contributed by atoms with Gasteiger partial charge in [0.2, 0.25) is 5.15 Å². The van der Waals surface area contributed by atoms with Gasteiger partial charge in [0.1, 0.15) is 0 Å². The number of ether oxygens (including phenoxy) is 1. The standard InChI is InChI=1S/C6H5ClN4O5/c1-2-16-6-5(11(14)15)9-4(10(12)13)3(7)8-6/h2H2,1H3. The molecule has 0 unspecified atom stereocenters. The first-order chi connectivity index (χ1) is 7.47. The van der Waals surface area contributed by atoms with Crippen molar-refractivity contribution in [1.29, 1.82) is 0 Å². The van der Waals surface area contributed by atoms with Gasteiger partial charge in [0.25, 0.3) is 0 Å². The van der Waals surface area contributed by atoms with Crippen LogP contribution in [0.2, 0.25) is 5.15 Å². The van der Waals surface area contributed by atoms with E-state index in [1.54, 1.807) is 6.92 Å². The maximum absolute atomic E-state index is 10.5. The Hall–Kier alpha value is -2.03. The lowest BCUT2D eigenvalue weighted by Crippen LogP contribution is -2.05. The zero-order valence-electron chi connectivity index (χ0n) is 7.92. The van der Waals surface area contributed by atoms with Crippen LogP contribution < -0.4 is 4.74 Å². The van der Waals surface area contributed by atoms with Crippen molar-refractivity contribution in [3.05, 3.63) is 25.4 Å². The van der Waals surface area contributed by atoms with E-state index in [0.29, 0.717) is 0 Å². The molecule has 10 heteroatoms. The fourth-order valence-electron chi connectivity index (χ4n) is 0.852. The van der Waals surface area contributed by atoms with E-state index in [2.05, 4.69) is 9.97 Å². The van der Waals surface area contributed by atoms with E-state index in [9.17, 15) is 20.2 Å². The molecule has 1 aromatic heterocycles. The van der Waals surface area contributed by atoms with Gasteiger partial charge in [-0.3, -0.25) is 0 Å². The summed E-state index contributed by atoms with van der Waals surface area (Å²) < 4.78 is 4.79. The molecule has 0 amide bonds. The Labute approximate surface area is 93.3 Å². The number of nitro groups is 2. The molecule has 0 radical (unpaired) electrons. The molecular weight excluding hydrogens is 244 g/mol. The highest BCUT2D eigenvalue weighted by Crippen LogP contribution is 2.29. The summed E-state index contributed by atoms with van der Waals surface area (Å²) in [6.45, 7) is 1.67. The van der Waals surface area contributed by atoms with Crippen LogP contribution in [0, 0.1) is 20.2 Å². The van der Waals surface area contributed by atoms with E-state index in [4.69, 9.17) is 16.3 Å². The van der Waals surface area contributed by atoms with Gasteiger partial charge in [-0.2, -0.15) is 4.98 Å². The fraction of sp³-hybridized carbons (Fsp3) is 0.333. The van der Waals surface area contributed by atoms with Gasteiger partial charge >= 0.3 is 17.5 Å². The summed E-state index contributed by atoms with van der Waals surface area (Å²) in [6.07, 6.45) is 0. The van der Waals surface area contributed by atoms with Gasteiger partial charge in [0.15, 0.2) is 0 Å². The maximum Gasteiger partial charge on any atom is 0.431 e. The van der Waals surface area contributed by atoms with Crippen LogP contribution in [0.1, 0.15) is 6.92 Å². The molecule has 9 nitrogen and oxygen atoms in total. The molecule has 0 saturated heterocycles. The minimum absolute atomic E-state index is 0.101. The third-order valence-electron chi connectivity index (χ3n) is 1.41. The highest BCUT2D eigenvalue weighted by molar-refractivity contribution is 6.31. The van der Waals surface area contributed by atoms with Crippen LogP contribution in [-0.4, -0.2) is 26.4 Å². The quantitative estimate of drug-likeness (QED) is 0.582. The van der Waals surface area contributed by atoms with Gasteiger partial charge in [-0.1, -0.05) is 11.6 Å². The first kappa shape index (κ1) is 12.0. The SMILES string of the molecule is CCOc1nc(Cl)c([N+](=O)[O-])nc1[N+](=O)[O-]. The van der Waals surface area contributed by atoms with Crippen LogP contribution in [0.3, 0.4) is 0 Å². The summed E-state index contributed by atoms with van der Waals surface area (Å²) in [6, 6.07) is 0. The Morgan fingerprint density at radius 2 is 1.81 bits per heavy atom. The van der Waals surface area contributed by atoms with Crippen molar-refractivity contribution in [2.45, 2.75) is 6.92 Å². The second kappa shape index (κ2) is 4.66. The van der Waals surface area contributed by atoms with Crippen molar-refractivity contribution in [2.75, 3.05) is 6.61 Å². The Kier molecular flexibility index (Phi) is 3.51. The molecule has 0 spiro atoms. The number of aromatic nitrogens is 2. The van der Waals surface area contributed by atoms with Gasteiger partial charge < -0.3 is 25.0 Å². The Morgan fingerprint density at radius 1 is 1.25 bits per heavy atom. The van der Waals surface area contributed by atoms with Crippen molar-refractivity contribution in [3.63, 3.8) is 0 Å². The molecule has 1 aromatic rings. The van der Waals surface area contributed by atoms with Crippen molar-refractivity contribution < 1.29 is 14.6 Å². The van der Waals surface area contributed by atoms with E-state index in [-0.39, 0.29) is 6.61 Å². The summed E-state index contributed by atoms with van der Waals surface area (Å²) in [7, 11) is 0. The molecule has 0 fully saturated rings. The number of hydrogen-bond donors (Lipinski definition) is 0. The Balaban J connectivity index is 3.36. The van der Waals surface area contributed by atoms with Crippen molar-refractivity contribution in [3.8, 4) is 5.88 Å². The summed E-state index contributed by atoms with van der Waals surface area (Å²) in [4.78, 5) is 25.6. The minimum atomic E-state index is -0.960. The zero-order chi connectivity index (χ0) is 12.3. The molecule has 1 heterocycles. The van der Waals surface area contributed by atoms with Crippen LogP contribution in [0.4, 0.5) is 11.6 Å². The fourth-order valence-corrected chi connectivity index (χ4v) is 1.04. The third-order valence-corrected chi connectivity index (χ3v) is 1.67. The van der Waals surface area contributed by atoms with Gasteiger partial charge in [0.05, 0.1) is 6.61 Å². The van der Waals surface area contributed by atoms with Crippen LogP contribution in [0.15, 0.2) is 0 Å². The van der Waals surface area contributed by atoms with E-state index < -0.39 is 32.5 Å². The van der Waals surface area contributed by atoms with Crippen LogP contribution in [-0.2, 0) is 0 Å². The van der Waals surface area contributed by atoms with E-state index in [0.717, 1.165) is 0 Å². The Bertz CT molecular complexity index is 451. The molecule has 0 saturated carbocycles. The van der Waals surface area contributed by atoms with E-state index in [1.165, 1.54) is 0 Å². The second-order valence-corrected chi connectivity index (χ2v) is 2.77. The molecule has 0 aliphatic heterocycles. The lowest BCUT2D eigenvalue weighted by molar-refractivity contribution is -0.404. The van der Waals surface area contributed by atoms with Crippen molar-refractivity contribution in [2.24, 2.45) is 0 Å². The van der Waals surface area contributed by atoms with Crippen LogP contribution in [0.25, 0.3) is 0 Å². The normalized spacial score (nSPS) is 9.88. The van der Waals surface area contributed by atoms with Gasteiger partial charge in [0, 0.05) is 4.98 Å². The van der Waals surface area contributed by atoms with E-state index >= 15 is 0 Å². The lowest BCUT2D eigenvalue weighted by Gasteiger charge is -2.03. The highest BCUT2D eigenvalue weighted by atomic mass is 35.5. The molecule has 86 valence electrons. The molecule has 0 bridgehead atoms. The average molecular weight is 249 g/mol. The molecule has 1 rings (SSSR count). The van der Waals surface area contributed by atoms with Crippen LogP contribution >= 0.6 is 11.6 Å². The molecule has 0 aliphatic rings. The first-order valence-corrected chi connectivity index (χ1v) is 4.34. The topological polar surface area (TPSA) is 121 Å². The Morgan fingerprint density at radius 3 is 2.25 bits per heavy atom. The molecular formula is C6H5ClN4O5. The second-order valence-electron chi connectivity index (χ2n) is 2.41. The number of rotatable bonds is 4.